The number of nitrogens with zero attached hydrogens (tertiary/aromatic N) is 2. The lowest BCUT2D eigenvalue weighted by molar-refractivity contribution is 0.507. The van der Waals surface area contributed by atoms with E-state index in [9.17, 15) is 0 Å². The first-order chi connectivity index (χ1) is 11.2. The summed E-state index contributed by atoms with van der Waals surface area (Å²) < 4.78 is 5.39. The molecule has 0 atom stereocenters. The summed E-state index contributed by atoms with van der Waals surface area (Å²) in [6, 6.07) is 12.4. The lowest BCUT2D eigenvalue weighted by Gasteiger charge is -2.22. The maximum atomic E-state index is 5.39. The topological polar surface area (TPSA) is 40.8 Å². The van der Waals surface area contributed by atoms with Crippen molar-refractivity contribution >= 4 is 11.6 Å². The van der Waals surface area contributed by atoms with E-state index < -0.39 is 0 Å². The van der Waals surface area contributed by atoms with Crippen LogP contribution in [0.4, 0.5) is 5.69 Å². The summed E-state index contributed by atoms with van der Waals surface area (Å²) >= 11 is 0. The molecule has 1 N–H and O–H groups in total. The van der Waals surface area contributed by atoms with E-state index in [1.54, 1.807) is 6.26 Å². The minimum atomic E-state index is 0.641. The smallest absolute Gasteiger partial charge is 0.198 e. The third-order valence-corrected chi connectivity index (χ3v) is 3.88. The average molecular weight is 309 g/mol. The largest absolute Gasteiger partial charge is 0.469 e. The second-order valence-corrected chi connectivity index (χ2v) is 5.88. The number of nitrogens with one attached hydrogen (secondary N) is 1. The van der Waals surface area contributed by atoms with Crippen LogP contribution in [0.5, 0.6) is 0 Å². The first kappa shape index (κ1) is 15.4. The minimum absolute atomic E-state index is 0.641. The van der Waals surface area contributed by atoms with Gasteiger partial charge in [-0.25, -0.2) is 4.99 Å². The number of anilines is 1. The molecule has 2 aromatic rings. The van der Waals surface area contributed by atoms with Gasteiger partial charge in [-0.15, -0.1) is 0 Å². The molecule has 1 aromatic heterocycles. The highest BCUT2D eigenvalue weighted by Gasteiger charge is 2.22. The van der Waals surface area contributed by atoms with Crippen molar-refractivity contribution in [3.63, 3.8) is 0 Å². The number of hydrogen-bond acceptors (Lipinski definition) is 2. The van der Waals surface area contributed by atoms with Crippen molar-refractivity contribution in [1.82, 2.24) is 5.32 Å². The maximum Gasteiger partial charge on any atom is 0.198 e. The van der Waals surface area contributed by atoms with Crippen LogP contribution in [0.1, 0.15) is 18.2 Å². The Morgan fingerprint density at radius 2 is 2.17 bits per heavy atom. The van der Waals surface area contributed by atoms with E-state index in [2.05, 4.69) is 41.1 Å². The Hall–Kier alpha value is -2.49. The molecule has 1 aliphatic rings. The van der Waals surface area contributed by atoms with Gasteiger partial charge < -0.3 is 14.6 Å². The molecule has 0 aliphatic carbocycles. The predicted molar refractivity (Wildman–Crippen MR) is 95.0 cm³/mol. The second kappa shape index (κ2) is 7.18. The van der Waals surface area contributed by atoms with Gasteiger partial charge in [-0.3, -0.25) is 0 Å². The molecule has 0 amide bonds. The molecule has 0 fully saturated rings. The normalized spacial score (nSPS) is 14.0. The Balaban J connectivity index is 1.71. The van der Waals surface area contributed by atoms with Crippen LogP contribution in [0.15, 0.2) is 64.2 Å². The molecule has 0 saturated heterocycles. The SMILES string of the molecule is C=C(C)CN=C(NCCc1ccco1)N1CCc2ccccc21. The lowest BCUT2D eigenvalue weighted by Crippen LogP contribution is -2.41. The molecular formula is C19H23N3O. The van der Waals surface area contributed by atoms with Crippen LogP contribution in [0.3, 0.4) is 0 Å². The molecule has 2 heterocycles. The zero-order valence-electron chi connectivity index (χ0n) is 13.6. The van der Waals surface area contributed by atoms with E-state index in [4.69, 9.17) is 9.41 Å². The maximum absolute atomic E-state index is 5.39. The first-order valence-corrected chi connectivity index (χ1v) is 8.04. The van der Waals surface area contributed by atoms with Gasteiger partial charge in [0.25, 0.3) is 0 Å². The van der Waals surface area contributed by atoms with E-state index in [1.807, 2.05) is 19.1 Å². The lowest BCUT2D eigenvalue weighted by atomic mass is 10.2. The quantitative estimate of drug-likeness (QED) is 0.523. The van der Waals surface area contributed by atoms with Crippen LogP contribution in [0.25, 0.3) is 0 Å². The number of guanidine groups is 1. The molecule has 0 radical (unpaired) electrons. The fraction of sp³-hybridized carbons (Fsp3) is 0.316. The number of benzene rings is 1. The van der Waals surface area contributed by atoms with E-state index in [0.29, 0.717) is 6.54 Å². The van der Waals surface area contributed by atoms with Crippen molar-refractivity contribution in [3.8, 4) is 0 Å². The van der Waals surface area contributed by atoms with Crippen LogP contribution < -0.4 is 10.2 Å². The van der Waals surface area contributed by atoms with Crippen molar-refractivity contribution in [2.45, 2.75) is 19.8 Å². The standard InChI is InChI=1S/C19H23N3O/c1-15(2)14-21-19(20-11-9-17-7-5-13-23-17)22-12-10-16-6-3-4-8-18(16)22/h3-8,13H,1,9-12,14H2,2H3,(H,20,21). The Labute approximate surface area is 137 Å². The van der Waals surface area contributed by atoms with Crippen molar-refractivity contribution in [1.29, 1.82) is 0 Å². The zero-order valence-corrected chi connectivity index (χ0v) is 13.6. The van der Waals surface area contributed by atoms with Crippen LogP contribution in [-0.2, 0) is 12.8 Å². The minimum Gasteiger partial charge on any atom is -0.469 e. The van der Waals surface area contributed by atoms with Crippen molar-refractivity contribution in [3.05, 3.63) is 66.1 Å². The van der Waals surface area contributed by atoms with Gasteiger partial charge in [0, 0.05) is 25.2 Å². The highest BCUT2D eigenvalue weighted by Crippen LogP contribution is 2.27. The number of fused-ring (bicyclic) bond motifs is 1. The van der Waals surface area contributed by atoms with Gasteiger partial charge >= 0.3 is 0 Å². The predicted octanol–water partition coefficient (Wildman–Crippen LogP) is 3.41. The Kier molecular flexibility index (Phi) is 4.81. The van der Waals surface area contributed by atoms with E-state index >= 15 is 0 Å². The summed E-state index contributed by atoms with van der Waals surface area (Å²) in [5, 5.41) is 3.47. The highest BCUT2D eigenvalue weighted by atomic mass is 16.3. The van der Waals surface area contributed by atoms with Gasteiger partial charge in [0.05, 0.1) is 12.8 Å². The molecule has 23 heavy (non-hydrogen) atoms. The molecule has 1 aromatic carbocycles. The third kappa shape index (κ3) is 3.83. The molecule has 120 valence electrons. The summed E-state index contributed by atoms with van der Waals surface area (Å²) in [7, 11) is 0. The van der Waals surface area contributed by atoms with Gasteiger partial charge in [0.15, 0.2) is 5.96 Å². The summed E-state index contributed by atoms with van der Waals surface area (Å²) in [6.45, 7) is 8.35. The third-order valence-electron chi connectivity index (χ3n) is 3.88. The summed E-state index contributed by atoms with van der Waals surface area (Å²) in [4.78, 5) is 6.99. The first-order valence-electron chi connectivity index (χ1n) is 8.04. The van der Waals surface area contributed by atoms with E-state index in [0.717, 1.165) is 43.2 Å². The second-order valence-electron chi connectivity index (χ2n) is 5.88. The Bertz CT molecular complexity index is 688. The zero-order chi connectivity index (χ0) is 16.1. The molecule has 4 nitrogen and oxygen atoms in total. The number of aliphatic imine (C=N–C) groups is 1. The summed E-state index contributed by atoms with van der Waals surface area (Å²) in [5.74, 6) is 1.91. The molecule has 4 heteroatoms. The number of rotatable bonds is 5. The highest BCUT2D eigenvalue weighted by molar-refractivity contribution is 5.98. The van der Waals surface area contributed by atoms with Crippen molar-refractivity contribution in [2.75, 3.05) is 24.5 Å². The fourth-order valence-corrected chi connectivity index (χ4v) is 2.76. The molecule has 0 spiro atoms. The molecular weight excluding hydrogens is 286 g/mol. The Morgan fingerprint density at radius 3 is 2.96 bits per heavy atom. The molecule has 0 bridgehead atoms. The monoisotopic (exact) mass is 309 g/mol. The van der Waals surface area contributed by atoms with E-state index in [-0.39, 0.29) is 0 Å². The van der Waals surface area contributed by atoms with Gasteiger partial charge in [-0.1, -0.05) is 30.4 Å². The molecule has 0 unspecified atom stereocenters. The number of hydrogen-bond donors (Lipinski definition) is 1. The van der Waals surface area contributed by atoms with Crippen molar-refractivity contribution < 1.29 is 4.42 Å². The van der Waals surface area contributed by atoms with Gasteiger partial charge in [-0.2, -0.15) is 0 Å². The summed E-state index contributed by atoms with van der Waals surface area (Å²) in [6.07, 6.45) is 3.61. The number of furan rings is 1. The fourth-order valence-electron chi connectivity index (χ4n) is 2.76. The van der Waals surface area contributed by atoms with Gasteiger partial charge in [0.2, 0.25) is 0 Å². The van der Waals surface area contributed by atoms with Crippen LogP contribution >= 0.6 is 0 Å². The molecule has 0 saturated carbocycles. The van der Waals surface area contributed by atoms with Crippen molar-refractivity contribution in [2.24, 2.45) is 4.99 Å². The van der Waals surface area contributed by atoms with E-state index in [1.165, 1.54) is 11.3 Å². The number of para-hydroxylation sites is 1. The van der Waals surface area contributed by atoms with Crippen LogP contribution in [-0.4, -0.2) is 25.6 Å². The van der Waals surface area contributed by atoms with Crippen LogP contribution in [0, 0.1) is 0 Å². The molecule has 3 rings (SSSR count). The molecule has 1 aliphatic heterocycles. The summed E-state index contributed by atoms with van der Waals surface area (Å²) in [5.41, 5.74) is 3.68. The Morgan fingerprint density at radius 1 is 1.30 bits per heavy atom. The van der Waals surface area contributed by atoms with Gasteiger partial charge in [-0.05, 0) is 37.1 Å². The van der Waals surface area contributed by atoms with Crippen LogP contribution in [0.2, 0.25) is 0 Å². The average Bonchev–Trinajstić information content (AvgIpc) is 3.20. The van der Waals surface area contributed by atoms with Gasteiger partial charge in [0.1, 0.15) is 5.76 Å².